The summed E-state index contributed by atoms with van der Waals surface area (Å²) in [6, 6.07) is 19.4. The molecule has 0 aliphatic carbocycles. The molecule has 0 saturated carbocycles. The average molecular weight is 439 g/mol. The van der Waals surface area contributed by atoms with Gasteiger partial charge in [0.1, 0.15) is 5.60 Å². The van der Waals surface area contributed by atoms with Gasteiger partial charge in [-0.05, 0) is 90.0 Å². The van der Waals surface area contributed by atoms with E-state index in [9.17, 15) is 0 Å². The quantitative estimate of drug-likeness (QED) is 0.266. The molecule has 0 bridgehead atoms. The van der Waals surface area contributed by atoms with Gasteiger partial charge in [0.15, 0.2) is 0 Å². The fourth-order valence-corrected chi connectivity index (χ4v) is 3.77. The maximum absolute atomic E-state index is 5.30. The van der Waals surface area contributed by atoms with Crippen LogP contribution in [0.15, 0.2) is 83.1 Å². The van der Waals surface area contributed by atoms with Gasteiger partial charge >= 0.3 is 0 Å². The lowest BCUT2D eigenvalue weighted by atomic mass is 10.0. The van der Waals surface area contributed by atoms with Gasteiger partial charge < -0.3 is 4.74 Å². The van der Waals surface area contributed by atoms with Crippen LogP contribution in [0.3, 0.4) is 0 Å². The maximum Gasteiger partial charge on any atom is 0.123 e. The van der Waals surface area contributed by atoms with Crippen LogP contribution >= 0.6 is 11.3 Å². The SMILES string of the molecule is COC(C)(C)C#CC=CCC(C)=Cc1cccc(C=Cc2cccc(-c3ccsc3)c2)c1. The van der Waals surface area contributed by atoms with Crippen molar-refractivity contribution in [1.82, 2.24) is 0 Å². The number of hydrogen-bond acceptors (Lipinski definition) is 2. The van der Waals surface area contributed by atoms with E-state index in [1.54, 1.807) is 18.4 Å². The topological polar surface area (TPSA) is 9.23 Å². The number of methoxy groups -OCH3 is 1. The molecule has 0 amide bonds. The molecule has 0 spiro atoms. The normalized spacial score (nSPS) is 12.3. The van der Waals surface area contributed by atoms with Gasteiger partial charge in [-0.25, -0.2) is 0 Å². The van der Waals surface area contributed by atoms with E-state index in [0.29, 0.717) is 0 Å². The second-order valence-corrected chi connectivity index (χ2v) is 9.00. The molecule has 0 fully saturated rings. The first-order chi connectivity index (χ1) is 15.4. The Labute approximate surface area is 196 Å². The van der Waals surface area contributed by atoms with E-state index in [1.165, 1.54) is 33.4 Å². The Bertz CT molecular complexity index is 1160. The molecular formula is C30H30OS. The number of benzene rings is 2. The summed E-state index contributed by atoms with van der Waals surface area (Å²) in [5.41, 5.74) is 7.01. The molecule has 1 heterocycles. The zero-order valence-corrected chi connectivity index (χ0v) is 20.1. The van der Waals surface area contributed by atoms with Crippen LogP contribution in [-0.4, -0.2) is 12.7 Å². The number of allylic oxidation sites excluding steroid dienone is 3. The van der Waals surface area contributed by atoms with Crippen molar-refractivity contribution >= 4 is 29.6 Å². The van der Waals surface area contributed by atoms with Crippen molar-refractivity contribution in [2.75, 3.05) is 7.11 Å². The Morgan fingerprint density at radius 2 is 1.69 bits per heavy atom. The summed E-state index contributed by atoms with van der Waals surface area (Å²) in [7, 11) is 1.68. The maximum atomic E-state index is 5.30. The van der Waals surface area contributed by atoms with Crippen molar-refractivity contribution in [3.8, 4) is 23.0 Å². The minimum absolute atomic E-state index is 0.408. The summed E-state index contributed by atoms with van der Waals surface area (Å²) in [6.07, 6.45) is 11.4. The summed E-state index contributed by atoms with van der Waals surface area (Å²) in [6.45, 7) is 6.07. The van der Waals surface area contributed by atoms with E-state index < -0.39 is 5.60 Å². The highest BCUT2D eigenvalue weighted by atomic mass is 32.1. The molecule has 0 aliphatic rings. The molecule has 162 valence electrons. The highest BCUT2D eigenvalue weighted by molar-refractivity contribution is 7.08. The van der Waals surface area contributed by atoms with Crippen LogP contribution in [0.4, 0.5) is 0 Å². The van der Waals surface area contributed by atoms with Crippen molar-refractivity contribution in [2.45, 2.75) is 32.8 Å². The predicted octanol–water partition coefficient (Wildman–Crippen LogP) is 8.36. The summed E-state index contributed by atoms with van der Waals surface area (Å²) in [5, 5.41) is 4.30. The molecule has 32 heavy (non-hydrogen) atoms. The Kier molecular flexibility index (Phi) is 8.45. The van der Waals surface area contributed by atoms with E-state index in [1.807, 2.05) is 19.9 Å². The number of hydrogen-bond donors (Lipinski definition) is 0. The molecule has 0 atom stereocenters. The van der Waals surface area contributed by atoms with Gasteiger partial charge in [0.2, 0.25) is 0 Å². The smallest absolute Gasteiger partial charge is 0.123 e. The zero-order chi connectivity index (χ0) is 22.8. The second kappa shape index (κ2) is 11.5. The first kappa shape index (κ1) is 23.5. The fraction of sp³-hybridized carbons (Fsp3) is 0.200. The van der Waals surface area contributed by atoms with Crippen molar-refractivity contribution in [3.63, 3.8) is 0 Å². The lowest BCUT2D eigenvalue weighted by molar-refractivity contribution is 0.0742. The average Bonchev–Trinajstić information content (AvgIpc) is 3.33. The predicted molar refractivity (Wildman–Crippen MR) is 141 cm³/mol. The number of thiophene rings is 1. The molecule has 3 aromatic rings. The largest absolute Gasteiger partial charge is 0.366 e. The molecule has 1 nitrogen and oxygen atoms in total. The van der Waals surface area contributed by atoms with Crippen molar-refractivity contribution in [1.29, 1.82) is 0 Å². The van der Waals surface area contributed by atoms with Crippen LogP contribution in [-0.2, 0) is 4.74 Å². The molecule has 3 rings (SSSR count). The molecule has 0 saturated heterocycles. The Morgan fingerprint density at radius 1 is 0.969 bits per heavy atom. The van der Waals surface area contributed by atoms with Gasteiger partial charge in [0.05, 0.1) is 0 Å². The van der Waals surface area contributed by atoms with Gasteiger partial charge in [-0.3, -0.25) is 0 Å². The summed E-state index contributed by atoms with van der Waals surface area (Å²) in [4.78, 5) is 0. The van der Waals surface area contributed by atoms with Crippen LogP contribution in [0, 0.1) is 11.8 Å². The Hall–Kier alpha value is -3.12. The third-order valence-corrected chi connectivity index (χ3v) is 5.74. The molecule has 0 radical (unpaired) electrons. The lowest BCUT2D eigenvalue weighted by Gasteiger charge is -2.13. The Morgan fingerprint density at radius 3 is 2.41 bits per heavy atom. The highest BCUT2D eigenvalue weighted by Gasteiger charge is 2.09. The van der Waals surface area contributed by atoms with Crippen LogP contribution < -0.4 is 0 Å². The van der Waals surface area contributed by atoms with Crippen LogP contribution in [0.5, 0.6) is 0 Å². The van der Waals surface area contributed by atoms with Gasteiger partial charge in [-0.15, -0.1) is 0 Å². The van der Waals surface area contributed by atoms with Gasteiger partial charge in [0.25, 0.3) is 0 Å². The first-order valence-electron chi connectivity index (χ1n) is 10.8. The molecule has 0 unspecified atom stereocenters. The zero-order valence-electron chi connectivity index (χ0n) is 19.3. The molecule has 2 aromatic carbocycles. The van der Waals surface area contributed by atoms with Gasteiger partial charge in [-0.2, -0.15) is 11.3 Å². The number of ether oxygens (including phenoxy) is 1. The highest BCUT2D eigenvalue weighted by Crippen LogP contribution is 2.24. The molecule has 2 heteroatoms. The second-order valence-electron chi connectivity index (χ2n) is 8.22. The number of rotatable bonds is 7. The van der Waals surface area contributed by atoms with E-state index in [0.717, 1.165) is 6.42 Å². The molecular weight excluding hydrogens is 408 g/mol. The Balaban J connectivity index is 1.64. The van der Waals surface area contributed by atoms with Gasteiger partial charge in [-0.1, -0.05) is 78.1 Å². The van der Waals surface area contributed by atoms with Crippen LogP contribution in [0.25, 0.3) is 29.4 Å². The fourth-order valence-electron chi connectivity index (χ4n) is 3.11. The van der Waals surface area contributed by atoms with E-state index in [-0.39, 0.29) is 0 Å². The summed E-state index contributed by atoms with van der Waals surface area (Å²) < 4.78 is 5.30. The van der Waals surface area contributed by atoms with Gasteiger partial charge in [0, 0.05) is 7.11 Å². The van der Waals surface area contributed by atoms with Crippen molar-refractivity contribution < 1.29 is 4.74 Å². The van der Waals surface area contributed by atoms with Crippen molar-refractivity contribution in [2.24, 2.45) is 0 Å². The molecule has 1 aromatic heterocycles. The van der Waals surface area contributed by atoms with E-state index >= 15 is 0 Å². The minimum Gasteiger partial charge on any atom is -0.366 e. The molecule has 0 N–H and O–H groups in total. The lowest BCUT2D eigenvalue weighted by Crippen LogP contribution is -2.18. The monoisotopic (exact) mass is 438 g/mol. The first-order valence-corrected chi connectivity index (χ1v) is 11.7. The summed E-state index contributed by atoms with van der Waals surface area (Å²) in [5.74, 6) is 6.15. The third-order valence-electron chi connectivity index (χ3n) is 5.06. The standard InChI is InChI=1S/C30H30OS/c1-24(10-6-5-7-18-30(2,3)31-4)20-27-13-8-11-25(21-27)15-16-26-12-9-14-28(22-26)29-17-19-32-23-29/h5-6,8-9,11-17,19-23H,10H2,1-4H3. The van der Waals surface area contributed by atoms with E-state index in [2.05, 4.69) is 108 Å². The molecule has 0 aliphatic heterocycles. The third kappa shape index (κ3) is 7.54. The van der Waals surface area contributed by atoms with Crippen LogP contribution in [0.1, 0.15) is 43.9 Å². The van der Waals surface area contributed by atoms with E-state index in [4.69, 9.17) is 4.74 Å². The van der Waals surface area contributed by atoms with Crippen molar-refractivity contribution in [3.05, 3.63) is 99.8 Å². The van der Waals surface area contributed by atoms with Crippen LogP contribution in [0.2, 0.25) is 0 Å². The minimum atomic E-state index is -0.408. The summed E-state index contributed by atoms with van der Waals surface area (Å²) >= 11 is 1.73.